The van der Waals surface area contributed by atoms with Crippen LogP contribution >= 0.6 is 24.0 Å². The topological polar surface area (TPSA) is 39.7 Å². The Morgan fingerprint density at radius 3 is 2.52 bits per heavy atom. The fourth-order valence-corrected chi connectivity index (χ4v) is 2.82. The van der Waals surface area contributed by atoms with Crippen LogP contribution in [0.25, 0.3) is 0 Å². The SMILES string of the molecule is CN=C(NCc1cccc(N2CC=CC2)c1)NCc1cc(F)ccc1F.I. The van der Waals surface area contributed by atoms with Crippen molar-refractivity contribution < 1.29 is 8.78 Å². The van der Waals surface area contributed by atoms with Gasteiger partial charge in [0.2, 0.25) is 0 Å². The summed E-state index contributed by atoms with van der Waals surface area (Å²) in [6.45, 7) is 2.60. The van der Waals surface area contributed by atoms with Crippen molar-refractivity contribution in [1.29, 1.82) is 0 Å². The molecule has 1 aliphatic rings. The van der Waals surface area contributed by atoms with E-state index in [1.807, 2.05) is 12.1 Å². The molecule has 2 aromatic rings. The lowest BCUT2D eigenvalue weighted by molar-refractivity contribution is 0.581. The van der Waals surface area contributed by atoms with Gasteiger partial charge < -0.3 is 15.5 Å². The normalized spacial score (nSPS) is 13.4. The molecule has 0 saturated carbocycles. The smallest absolute Gasteiger partial charge is 0.191 e. The van der Waals surface area contributed by atoms with Crippen molar-refractivity contribution in [2.24, 2.45) is 4.99 Å². The van der Waals surface area contributed by atoms with E-state index >= 15 is 0 Å². The molecule has 0 aliphatic carbocycles. The third kappa shape index (κ3) is 5.92. The number of guanidine groups is 1. The molecule has 2 aromatic carbocycles. The van der Waals surface area contributed by atoms with Crippen LogP contribution in [-0.2, 0) is 13.1 Å². The first kappa shape index (κ1) is 21.1. The van der Waals surface area contributed by atoms with Crippen LogP contribution in [0.1, 0.15) is 11.1 Å². The molecule has 0 aromatic heterocycles. The molecule has 2 N–H and O–H groups in total. The van der Waals surface area contributed by atoms with Crippen LogP contribution in [0, 0.1) is 11.6 Å². The summed E-state index contributed by atoms with van der Waals surface area (Å²) in [5, 5.41) is 6.20. The molecule has 27 heavy (non-hydrogen) atoms. The van der Waals surface area contributed by atoms with E-state index in [1.165, 1.54) is 11.8 Å². The second-order valence-electron chi connectivity index (χ2n) is 6.06. The van der Waals surface area contributed by atoms with Gasteiger partial charge in [0.1, 0.15) is 11.6 Å². The average Bonchev–Trinajstić information content (AvgIpc) is 3.19. The highest BCUT2D eigenvalue weighted by Crippen LogP contribution is 2.18. The lowest BCUT2D eigenvalue weighted by atomic mass is 10.2. The summed E-state index contributed by atoms with van der Waals surface area (Å²) in [6, 6.07) is 11.7. The zero-order valence-corrected chi connectivity index (χ0v) is 17.4. The molecule has 0 amide bonds. The molecule has 7 heteroatoms. The highest BCUT2D eigenvalue weighted by Gasteiger charge is 2.08. The Morgan fingerprint density at radius 1 is 1.04 bits per heavy atom. The van der Waals surface area contributed by atoms with Crippen molar-refractivity contribution in [3.05, 3.63) is 77.4 Å². The number of aliphatic imine (C=N–C) groups is 1. The van der Waals surface area contributed by atoms with Crippen molar-refractivity contribution in [3.63, 3.8) is 0 Å². The summed E-state index contributed by atoms with van der Waals surface area (Å²) < 4.78 is 26.9. The highest BCUT2D eigenvalue weighted by molar-refractivity contribution is 14.0. The third-order valence-electron chi connectivity index (χ3n) is 4.23. The van der Waals surface area contributed by atoms with Gasteiger partial charge in [0.05, 0.1) is 0 Å². The zero-order valence-electron chi connectivity index (χ0n) is 15.1. The Balaban J connectivity index is 0.00000261. The van der Waals surface area contributed by atoms with Crippen molar-refractivity contribution in [2.45, 2.75) is 13.1 Å². The van der Waals surface area contributed by atoms with Crippen molar-refractivity contribution >= 4 is 35.6 Å². The fraction of sp³-hybridized carbons (Fsp3) is 0.250. The number of anilines is 1. The van der Waals surface area contributed by atoms with Gasteiger partial charge in [-0.2, -0.15) is 0 Å². The van der Waals surface area contributed by atoms with Crippen LogP contribution in [0.3, 0.4) is 0 Å². The van der Waals surface area contributed by atoms with Gasteiger partial charge in [0, 0.05) is 44.5 Å². The van der Waals surface area contributed by atoms with E-state index in [0.29, 0.717) is 12.5 Å². The Bertz CT molecular complexity index is 815. The van der Waals surface area contributed by atoms with E-state index in [4.69, 9.17) is 0 Å². The minimum Gasteiger partial charge on any atom is -0.364 e. The van der Waals surface area contributed by atoms with Crippen molar-refractivity contribution in [2.75, 3.05) is 25.0 Å². The number of nitrogens with one attached hydrogen (secondary N) is 2. The Hall–Kier alpha value is -2.16. The zero-order chi connectivity index (χ0) is 18.4. The monoisotopic (exact) mass is 484 g/mol. The standard InChI is InChI=1S/C20H22F2N4.HI/c1-23-20(25-14-16-12-17(21)7-8-19(16)22)24-13-15-5-4-6-18(11-15)26-9-2-3-10-26;/h2-8,11-12H,9-10,13-14H2,1H3,(H2,23,24,25);1H. The van der Waals surface area contributed by atoms with E-state index in [0.717, 1.165) is 30.8 Å². The molecule has 0 saturated heterocycles. The van der Waals surface area contributed by atoms with Crippen LogP contribution in [0.5, 0.6) is 0 Å². The maximum Gasteiger partial charge on any atom is 0.191 e. The van der Waals surface area contributed by atoms with Gasteiger partial charge in [-0.15, -0.1) is 24.0 Å². The maximum absolute atomic E-state index is 13.7. The van der Waals surface area contributed by atoms with E-state index in [-0.39, 0.29) is 36.1 Å². The number of halogens is 3. The van der Waals surface area contributed by atoms with Crippen LogP contribution in [0.15, 0.2) is 59.6 Å². The molecule has 3 rings (SSSR count). The molecule has 0 unspecified atom stereocenters. The number of nitrogens with zero attached hydrogens (tertiary/aromatic N) is 2. The van der Waals surface area contributed by atoms with Crippen molar-refractivity contribution in [3.8, 4) is 0 Å². The van der Waals surface area contributed by atoms with Crippen LogP contribution in [0.2, 0.25) is 0 Å². The minimum atomic E-state index is -0.459. The van der Waals surface area contributed by atoms with E-state index in [2.05, 4.69) is 44.8 Å². The van der Waals surface area contributed by atoms with Crippen LogP contribution in [0.4, 0.5) is 14.5 Å². The van der Waals surface area contributed by atoms with E-state index in [1.54, 1.807) is 7.05 Å². The minimum absolute atomic E-state index is 0. The first-order valence-electron chi connectivity index (χ1n) is 8.53. The molecule has 144 valence electrons. The largest absolute Gasteiger partial charge is 0.364 e. The van der Waals surface area contributed by atoms with Gasteiger partial charge in [-0.1, -0.05) is 24.3 Å². The second kappa shape index (κ2) is 10.2. The summed E-state index contributed by atoms with van der Waals surface area (Å²) in [4.78, 5) is 6.41. The number of hydrogen-bond acceptors (Lipinski definition) is 2. The first-order chi connectivity index (χ1) is 12.7. The summed E-state index contributed by atoms with van der Waals surface area (Å²) >= 11 is 0. The molecule has 1 aliphatic heterocycles. The molecule has 4 nitrogen and oxygen atoms in total. The van der Waals surface area contributed by atoms with Gasteiger partial charge in [-0.25, -0.2) is 8.78 Å². The predicted octanol–water partition coefficient (Wildman–Crippen LogP) is 3.82. The Labute approximate surface area is 175 Å². The summed E-state index contributed by atoms with van der Waals surface area (Å²) in [7, 11) is 1.64. The molecule has 0 atom stereocenters. The molecule has 0 spiro atoms. The number of rotatable bonds is 5. The summed E-state index contributed by atoms with van der Waals surface area (Å²) in [6.07, 6.45) is 4.31. The van der Waals surface area contributed by atoms with Crippen LogP contribution in [-0.4, -0.2) is 26.1 Å². The second-order valence-corrected chi connectivity index (χ2v) is 6.06. The van der Waals surface area contributed by atoms with E-state index < -0.39 is 11.6 Å². The molecule has 0 radical (unpaired) electrons. The lowest BCUT2D eigenvalue weighted by Crippen LogP contribution is -2.36. The average molecular weight is 484 g/mol. The third-order valence-corrected chi connectivity index (χ3v) is 4.23. The van der Waals surface area contributed by atoms with Crippen LogP contribution < -0.4 is 15.5 Å². The first-order valence-corrected chi connectivity index (χ1v) is 8.53. The lowest BCUT2D eigenvalue weighted by Gasteiger charge is -2.19. The molecule has 0 bridgehead atoms. The van der Waals surface area contributed by atoms with Gasteiger partial charge in [0.25, 0.3) is 0 Å². The molecule has 1 heterocycles. The Kier molecular flexibility index (Phi) is 8.02. The summed E-state index contributed by atoms with van der Waals surface area (Å²) in [5.74, 6) is -0.373. The maximum atomic E-state index is 13.7. The summed E-state index contributed by atoms with van der Waals surface area (Å²) in [5.41, 5.74) is 2.56. The van der Waals surface area contributed by atoms with Gasteiger partial charge in [-0.3, -0.25) is 4.99 Å². The van der Waals surface area contributed by atoms with Crippen molar-refractivity contribution in [1.82, 2.24) is 10.6 Å². The van der Waals surface area contributed by atoms with Gasteiger partial charge in [0.15, 0.2) is 5.96 Å². The number of benzene rings is 2. The predicted molar refractivity (Wildman–Crippen MR) is 117 cm³/mol. The molecular weight excluding hydrogens is 461 g/mol. The quantitative estimate of drug-likeness (QED) is 0.294. The Morgan fingerprint density at radius 2 is 1.78 bits per heavy atom. The number of hydrogen-bond donors (Lipinski definition) is 2. The van der Waals surface area contributed by atoms with E-state index in [9.17, 15) is 8.78 Å². The molecular formula is C20H23F2IN4. The highest BCUT2D eigenvalue weighted by atomic mass is 127. The van der Waals surface area contributed by atoms with Gasteiger partial charge >= 0.3 is 0 Å². The van der Waals surface area contributed by atoms with Gasteiger partial charge in [-0.05, 0) is 35.9 Å². The molecule has 0 fully saturated rings. The fourth-order valence-electron chi connectivity index (χ4n) is 2.82.